The third kappa shape index (κ3) is 3.16. The van der Waals surface area contributed by atoms with E-state index in [2.05, 4.69) is 36.1 Å². The van der Waals surface area contributed by atoms with Crippen LogP contribution in [0.15, 0.2) is 62.6 Å². The zero-order valence-corrected chi connectivity index (χ0v) is 14.3. The lowest BCUT2D eigenvalue weighted by molar-refractivity contribution is 0.528. The molecule has 0 fully saturated rings. The summed E-state index contributed by atoms with van der Waals surface area (Å²) >= 11 is 4.98. The molecule has 7 heteroatoms. The predicted octanol–water partition coefficient (Wildman–Crippen LogP) is 4.67. The van der Waals surface area contributed by atoms with Crippen LogP contribution in [-0.2, 0) is 5.75 Å². The Hall–Kier alpha value is -2.12. The lowest BCUT2D eigenvalue weighted by atomic mass is 10.2. The number of rotatable bonds is 4. The molecule has 0 aliphatic rings. The number of halogens is 1. The van der Waals surface area contributed by atoms with E-state index in [1.807, 2.05) is 48.5 Å². The van der Waals surface area contributed by atoms with Crippen LogP contribution in [0.25, 0.3) is 22.5 Å². The summed E-state index contributed by atoms with van der Waals surface area (Å²) in [5, 5.41) is 9.04. The van der Waals surface area contributed by atoms with Crippen LogP contribution in [0.3, 0.4) is 0 Å². The highest BCUT2D eigenvalue weighted by Gasteiger charge is 2.10. The molecule has 4 rings (SSSR count). The lowest BCUT2D eigenvalue weighted by Gasteiger charge is -1.95. The van der Waals surface area contributed by atoms with Crippen molar-refractivity contribution in [1.82, 2.24) is 20.2 Å². The summed E-state index contributed by atoms with van der Waals surface area (Å²) in [5.41, 5.74) is 2.87. The van der Waals surface area contributed by atoms with Crippen molar-refractivity contribution in [2.24, 2.45) is 0 Å². The maximum atomic E-state index is 5.71. The molecule has 0 saturated heterocycles. The van der Waals surface area contributed by atoms with Gasteiger partial charge in [0.05, 0.1) is 16.8 Å². The number of nitrogens with zero attached hydrogens (tertiary/aromatic N) is 3. The van der Waals surface area contributed by atoms with Gasteiger partial charge in [-0.05, 0) is 30.3 Å². The summed E-state index contributed by atoms with van der Waals surface area (Å²) in [6, 6.07) is 15.7. The fraction of sp³-hybridized carbons (Fsp3) is 0.0625. The van der Waals surface area contributed by atoms with E-state index in [0.29, 0.717) is 17.5 Å². The second-order valence-electron chi connectivity index (χ2n) is 4.86. The van der Waals surface area contributed by atoms with Crippen LogP contribution in [0.2, 0.25) is 0 Å². The zero-order valence-electron chi connectivity index (χ0n) is 11.9. The van der Waals surface area contributed by atoms with Crippen molar-refractivity contribution < 1.29 is 4.42 Å². The minimum atomic E-state index is 0.520. The van der Waals surface area contributed by atoms with E-state index >= 15 is 0 Å². The fourth-order valence-electron chi connectivity index (χ4n) is 2.18. The van der Waals surface area contributed by atoms with Gasteiger partial charge in [0, 0.05) is 10.0 Å². The Labute approximate surface area is 144 Å². The molecule has 0 atom stereocenters. The summed E-state index contributed by atoms with van der Waals surface area (Å²) in [4.78, 5) is 7.78. The predicted molar refractivity (Wildman–Crippen MR) is 93.1 cm³/mol. The Morgan fingerprint density at radius 2 is 2.00 bits per heavy atom. The van der Waals surface area contributed by atoms with Crippen molar-refractivity contribution in [2.45, 2.75) is 10.9 Å². The average Bonchev–Trinajstić information content (AvgIpc) is 3.19. The summed E-state index contributed by atoms with van der Waals surface area (Å²) in [5.74, 6) is 1.66. The second-order valence-corrected chi connectivity index (χ2v) is 6.74. The largest absolute Gasteiger partial charge is 0.420 e. The Morgan fingerprint density at radius 3 is 2.87 bits per heavy atom. The van der Waals surface area contributed by atoms with E-state index in [9.17, 15) is 0 Å². The molecule has 2 aromatic heterocycles. The molecular weight excluding hydrogens is 376 g/mol. The molecule has 0 spiro atoms. The van der Waals surface area contributed by atoms with Gasteiger partial charge in [0.2, 0.25) is 11.8 Å². The average molecular weight is 387 g/mol. The number of aromatic amines is 1. The number of imidazole rings is 1. The Morgan fingerprint density at radius 1 is 1.09 bits per heavy atom. The van der Waals surface area contributed by atoms with Gasteiger partial charge in [0.1, 0.15) is 0 Å². The summed E-state index contributed by atoms with van der Waals surface area (Å²) in [6.07, 6.45) is 0. The molecule has 0 bridgehead atoms. The van der Waals surface area contributed by atoms with Gasteiger partial charge in [-0.15, -0.1) is 10.2 Å². The lowest BCUT2D eigenvalue weighted by Crippen LogP contribution is -1.81. The number of aromatic nitrogens is 4. The molecule has 0 aliphatic heterocycles. The molecule has 114 valence electrons. The SMILES string of the molecule is Brc1cccc(-c2nnc(CSc3nc4ccccc4[nH]3)o2)c1. The summed E-state index contributed by atoms with van der Waals surface area (Å²) in [7, 11) is 0. The number of H-pyrrole nitrogens is 1. The molecular formula is C16H11BrN4OS. The van der Waals surface area contributed by atoms with Gasteiger partial charge < -0.3 is 9.40 Å². The van der Waals surface area contributed by atoms with Gasteiger partial charge in [-0.3, -0.25) is 0 Å². The van der Waals surface area contributed by atoms with Crippen LogP contribution in [0, 0.1) is 0 Å². The summed E-state index contributed by atoms with van der Waals surface area (Å²) < 4.78 is 6.69. The minimum Gasteiger partial charge on any atom is -0.420 e. The van der Waals surface area contributed by atoms with Gasteiger partial charge >= 0.3 is 0 Å². The van der Waals surface area contributed by atoms with Crippen molar-refractivity contribution in [1.29, 1.82) is 0 Å². The number of thioether (sulfide) groups is 1. The van der Waals surface area contributed by atoms with Gasteiger partial charge in [-0.2, -0.15) is 0 Å². The number of benzene rings is 2. The first-order valence-corrected chi connectivity index (χ1v) is 8.72. The quantitative estimate of drug-likeness (QED) is 0.516. The first-order chi connectivity index (χ1) is 11.3. The molecule has 2 aromatic carbocycles. The molecule has 1 N–H and O–H groups in total. The van der Waals surface area contributed by atoms with Crippen LogP contribution >= 0.6 is 27.7 Å². The maximum Gasteiger partial charge on any atom is 0.247 e. The topological polar surface area (TPSA) is 67.6 Å². The first kappa shape index (κ1) is 14.5. The highest BCUT2D eigenvalue weighted by Crippen LogP contribution is 2.25. The third-order valence-corrected chi connectivity index (χ3v) is 4.59. The van der Waals surface area contributed by atoms with Crippen molar-refractivity contribution in [3.63, 3.8) is 0 Å². The number of hydrogen-bond donors (Lipinski definition) is 1. The number of para-hydroxylation sites is 2. The fourth-order valence-corrected chi connectivity index (χ4v) is 3.30. The standard InChI is InChI=1S/C16H11BrN4OS/c17-11-5-3-4-10(8-11)15-21-20-14(22-15)9-23-16-18-12-6-1-2-7-13(12)19-16/h1-8H,9H2,(H,18,19). The second kappa shape index (κ2) is 6.17. The van der Waals surface area contributed by atoms with Crippen LogP contribution < -0.4 is 0 Å². The Balaban J connectivity index is 1.49. The monoisotopic (exact) mass is 386 g/mol. The molecule has 0 unspecified atom stereocenters. The molecule has 0 amide bonds. The minimum absolute atomic E-state index is 0.520. The van der Waals surface area contributed by atoms with Gasteiger partial charge in [0.25, 0.3) is 0 Å². The van der Waals surface area contributed by atoms with Crippen LogP contribution in [0.1, 0.15) is 5.89 Å². The van der Waals surface area contributed by atoms with Gasteiger partial charge in [-0.1, -0.05) is 45.9 Å². The van der Waals surface area contributed by atoms with Crippen molar-refractivity contribution in [2.75, 3.05) is 0 Å². The van der Waals surface area contributed by atoms with E-state index in [0.717, 1.165) is 26.2 Å². The van der Waals surface area contributed by atoms with Gasteiger partial charge in [-0.25, -0.2) is 4.98 Å². The molecule has 0 saturated carbocycles. The van der Waals surface area contributed by atoms with E-state index in [1.54, 1.807) is 0 Å². The Bertz CT molecular complexity index is 932. The molecule has 2 heterocycles. The van der Waals surface area contributed by atoms with Crippen molar-refractivity contribution in [3.8, 4) is 11.5 Å². The molecule has 0 aliphatic carbocycles. The summed E-state index contributed by atoms with van der Waals surface area (Å²) in [6.45, 7) is 0. The molecule has 23 heavy (non-hydrogen) atoms. The zero-order chi connectivity index (χ0) is 15.6. The van der Waals surface area contributed by atoms with Crippen LogP contribution in [0.4, 0.5) is 0 Å². The maximum absolute atomic E-state index is 5.71. The third-order valence-electron chi connectivity index (χ3n) is 3.24. The number of nitrogens with one attached hydrogen (secondary N) is 1. The molecule has 4 aromatic rings. The van der Waals surface area contributed by atoms with E-state index in [4.69, 9.17) is 4.42 Å². The normalized spacial score (nSPS) is 11.2. The smallest absolute Gasteiger partial charge is 0.247 e. The van der Waals surface area contributed by atoms with E-state index < -0.39 is 0 Å². The highest BCUT2D eigenvalue weighted by atomic mass is 79.9. The Kier molecular flexibility index (Phi) is 3.88. The van der Waals surface area contributed by atoms with Crippen molar-refractivity contribution in [3.05, 3.63) is 58.9 Å². The number of hydrogen-bond acceptors (Lipinski definition) is 5. The van der Waals surface area contributed by atoms with Crippen LogP contribution in [-0.4, -0.2) is 20.2 Å². The highest BCUT2D eigenvalue weighted by molar-refractivity contribution is 9.10. The molecule has 5 nitrogen and oxygen atoms in total. The first-order valence-electron chi connectivity index (χ1n) is 6.94. The number of fused-ring (bicyclic) bond motifs is 1. The van der Waals surface area contributed by atoms with Crippen molar-refractivity contribution >= 4 is 38.7 Å². The van der Waals surface area contributed by atoms with Gasteiger partial charge in [0.15, 0.2) is 5.16 Å². The van der Waals surface area contributed by atoms with E-state index in [-0.39, 0.29) is 0 Å². The molecule has 0 radical (unpaired) electrons. The van der Waals surface area contributed by atoms with E-state index in [1.165, 1.54) is 11.8 Å². The van der Waals surface area contributed by atoms with Crippen LogP contribution in [0.5, 0.6) is 0 Å².